The molecule has 0 saturated carbocycles. The van der Waals surface area contributed by atoms with E-state index < -0.39 is 0 Å². The van der Waals surface area contributed by atoms with Gasteiger partial charge in [-0.1, -0.05) is 13.2 Å². The Hall–Kier alpha value is -1.00. The standard InChI is InChI=1S/2C9H16N2/c1-7-9-5-4-8(11(7)3)6-10(9)2;1-7-9-5-4-8(11(9)3)6-10(7)2/h2*8-9H,1,4-6H2,2-3H3. The molecule has 5 fully saturated rings. The van der Waals surface area contributed by atoms with Gasteiger partial charge in [0.2, 0.25) is 0 Å². The van der Waals surface area contributed by atoms with Crippen LogP contribution >= 0.6 is 0 Å². The van der Waals surface area contributed by atoms with Gasteiger partial charge in [0.05, 0.1) is 0 Å². The Morgan fingerprint density at radius 3 is 2.00 bits per heavy atom. The van der Waals surface area contributed by atoms with Gasteiger partial charge in [-0.3, -0.25) is 9.80 Å². The van der Waals surface area contributed by atoms with Gasteiger partial charge in [0.25, 0.3) is 0 Å². The zero-order valence-electron chi connectivity index (χ0n) is 14.8. The summed E-state index contributed by atoms with van der Waals surface area (Å²) in [4.78, 5) is 9.56. The van der Waals surface area contributed by atoms with E-state index in [-0.39, 0.29) is 0 Å². The van der Waals surface area contributed by atoms with E-state index in [0.29, 0.717) is 12.1 Å². The maximum Gasteiger partial charge on any atom is 0.0492 e. The van der Waals surface area contributed by atoms with Crippen LogP contribution in [0, 0.1) is 0 Å². The molecule has 0 aromatic rings. The van der Waals surface area contributed by atoms with Gasteiger partial charge >= 0.3 is 0 Å². The van der Waals surface area contributed by atoms with Crippen molar-refractivity contribution < 1.29 is 0 Å². The zero-order chi connectivity index (χ0) is 16.0. The number of piperidine rings is 2. The molecule has 0 spiro atoms. The van der Waals surface area contributed by atoms with E-state index in [2.05, 4.69) is 60.9 Å². The molecule has 5 aliphatic heterocycles. The molecule has 4 bridgehead atoms. The van der Waals surface area contributed by atoms with Gasteiger partial charge < -0.3 is 9.80 Å². The van der Waals surface area contributed by atoms with Gasteiger partial charge in [-0.25, -0.2) is 0 Å². The molecular weight excluding hydrogens is 272 g/mol. The van der Waals surface area contributed by atoms with Crippen molar-refractivity contribution in [2.24, 2.45) is 0 Å². The smallest absolute Gasteiger partial charge is 0.0492 e. The van der Waals surface area contributed by atoms with Crippen molar-refractivity contribution >= 4 is 0 Å². The summed E-state index contributed by atoms with van der Waals surface area (Å²) in [5.74, 6) is 0. The van der Waals surface area contributed by atoms with Crippen LogP contribution in [0.25, 0.3) is 0 Å². The lowest BCUT2D eigenvalue weighted by molar-refractivity contribution is 0.0525. The molecule has 22 heavy (non-hydrogen) atoms. The summed E-state index contributed by atoms with van der Waals surface area (Å²) in [6, 6.07) is 2.79. The third-order valence-corrected chi connectivity index (χ3v) is 6.39. The minimum Gasteiger partial charge on any atom is -0.376 e. The molecule has 4 atom stereocenters. The maximum atomic E-state index is 4.11. The highest BCUT2D eigenvalue weighted by Gasteiger charge is 2.38. The highest BCUT2D eigenvalue weighted by molar-refractivity contribution is 5.14. The van der Waals surface area contributed by atoms with Gasteiger partial charge in [-0.15, -0.1) is 0 Å². The van der Waals surface area contributed by atoms with E-state index in [1.807, 2.05) is 0 Å². The van der Waals surface area contributed by atoms with Gasteiger partial charge in [0.15, 0.2) is 0 Å². The molecule has 0 amide bonds. The van der Waals surface area contributed by atoms with Crippen molar-refractivity contribution in [3.8, 4) is 0 Å². The second-order valence-electron chi connectivity index (χ2n) is 7.57. The van der Waals surface area contributed by atoms with Crippen LogP contribution in [0.5, 0.6) is 0 Å². The van der Waals surface area contributed by atoms with Gasteiger partial charge in [0, 0.05) is 62.7 Å². The normalized spacial score (nSPS) is 38.4. The highest BCUT2D eigenvalue weighted by atomic mass is 15.3. The van der Waals surface area contributed by atoms with Crippen LogP contribution < -0.4 is 0 Å². The largest absolute Gasteiger partial charge is 0.376 e. The maximum absolute atomic E-state index is 4.11. The van der Waals surface area contributed by atoms with Gasteiger partial charge in [-0.05, 0) is 39.8 Å². The average molecular weight is 304 g/mol. The number of nitrogens with zero attached hydrogens (tertiary/aromatic N) is 4. The molecule has 124 valence electrons. The summed E-state index contributed by atoms with van der Waals surface area (Å²) >= 11 is 0. The number of likely N-dealkylation sites (tertiary alicyclic amines) is 1. The van der Waals surface area contributed by atoms with Crippen molar-refractivity contribution in [2.45, 2.75) is 49.9 Å². The van der Waals surface area contributed by atoms with Crippen LogP contribution in [0.3, 0.4) is 0 Å². The lowest BCUT2D eigenvalue weighted by Gasteiger charge is -2.51. The number of piperazine rings is 2. The Morgan fingerprint density at radius 1 is 0.773 bits per heavy atom. The monoisotopic (exact) mass is 304 g/mol. The Morgan fingerprint density at radius 2 is 1.41 bits per heavy atom. The summed E-state index contributed by atoms with van der Waals surface area (Å²) in [6.07, 6.45) is 5.32. The second-order valence-corrected chi connectivity index (χ2v) is 7.57. The summed E-state index contributed by atoms with van der Waals surface area (Å²) in [5.41, 5.74) is 2.62. The molecule has 0 aromatic carbocycles. The topological polar surface area (TPSA) is 13.0 Å². The first-order chi connectivity index (χ1) is 10.4. The Labute approximate surface area is 136 Å². The van der Waals surface area contributed by atoms with Gasteiger partial charge in [-0.2, -0.15) is 0 Å². The molecule has 4 unspecified atom stereocenters. The third kappa shape index (κ3) is 2.56. The SMILES string of the molecule is C=C1C2CCC(CN1C)N2C.C=C1C2CCC(CN2C)N1C. The molecule has 4 heteroatoms. The van der Waals surface area contributed by atoms with E-state index in [0.717, 1.165) is 12.1 Å². The Bertz CT molecular complexity index is 450. The van der Waals surface area contributed by atoms with Crippen LogP contribution in [0.1, 0.15) is 25.7 Å². The zero-order valence-corrected chi connectivity index (χ0v) is 14.8. The predicted molar refractivity (Wildman–Crippen MR) is 92.7 cm³/mol. The van der Waals surface area contributed by atoms with Crippen LogP contribution in [-0.2, 0) is 0 Å². The molecule has 5 heterocycles. The number of likely N-dealkylation sites (N-methyl/N-ethyl adjacent to an activating group) is 4. The van der Waals surface area contributed by atoms with E-state index >= 15 is 0 Å². The number of fused-ring (bicyclic) bond motifs is 5. The van der Waals surface area contributed by atoms with Crippen molar-refractivity contribution in [3.63, 3.8) is 0 Å². The first-order valence-electron chi connectivity index (χ1n) is 8.64. The van der Waals surface area contributed by atoms with Crippen LogP contribution in [0.15, 0.2) is 24.6 Å². The predicted octanol–water partition coefficient (Wildman–Crippen LogP) is 1.82. The minimum atomic E-state index is 0.630. The van der Waals surface area contributed by atoms with E-state index in [1.54, 1.807) is 0 Å². The van der Waals surface area contributed by atoms with Crippen molar-refractivity contribution in [1.82, 2.24) is 19.6 Å². The second kappa shape index (κ2) is 5.89. The van der Waals surface area contributed by atoms with Crippen molar-refractivity contribution in [3.05, 3.63) is 24.6 Å². The lowest BCUT2D eigenvalue weighted by atomic mass is 9.90. The fourth-order valence-corrected chi connectivity index (χ4v) is 4.65. The van der Waals surface area contributed by atoms with E-state index in [1.165, 1.54) is 50.2 Å². The van der Waals surface area contributed by atoms with E-state index in [9.17, 15) is 0 Å². The number of rotatable bonds is 0. The highest BCUT2D eigenvalue weighted by Crippen LogP contribution is 2.33. The molecule has 0 aliphatic carbocycles. The molecule has 5 rings (SSSR count). The molecule has 5 saturated heterocycles. The summed E-state index contributed by atoms with van der Waals surface area (Å²) < 4.78 is 0. The fourth-order valence-electron chi connectivity index (χ4n) is 4.65. The van der Waals surface area contributed by atoms with Crippen molar-refractivity contribution in [2.75, 3.05) is 41.3 Å². The molecule has 5 aliphatic rings. The summed E-state index contributed by atoms with van der Waals surface area (Å²) in [7, 11) is 8.75. The quantitative estimate of drug-likeness (QED) is 0.677. The number of hydrogen-bond acceptors (Lipinski definition) is 4. The molecule has 0 N–H and O–H groups in total. The molecule has 0 radical (unpaired) electrons. The first-order valence-corrected chi connectivity index (χ1v) is 8.64. The lowest BCUT2D eigenvalue weighted by Crippen LogP contribution is -2.58. The van der Waals surface area contributed by atoms with Crippen LogP contribution in [-0.4, -0.2) is 85.0 Å². The number of hydrogen-bond donors (Lipinski definition) is 0. The van der Waals surface area contributed by atoms with Gasteiger partial charge in [0.1, 0.15) is 0 Å². The Kier molecular flexibility index (Phi) is 4.25. The molecule has 0 aromatic heterocycles. The van der Waals surface area contributed by atoms with Crippen molar-refractivity contribution in [1.29, 1.82) is 0 Å². The summed E-state index contributed by atoms with van der Waals surface area (Å²) in [5, 5.41) is 0. The van der Waals surface area contributed by atoms with E-state index in [4.69, 9.17) is 0 Å². The van der Waals surface area contributed by atoms with Crippen LogP contribution in [0.2, 0.25) is 0 Å². The average Bonchev–Trinajstić information content (AvgIpc) is 2.76. The molecular formula is C18H32N4. The molecule has 4 nitrogen and oxygen atoms in total. The fraction of sp³-hybridized carbons (Fsp3) is 0.778. The third-order valence-electron chi connectivity index (χ3n) is 6.39. The van der Waals surface area contributed by atoms with Crippen LogP contribution in [0.4, 0.5) is 0 Å². The first kappa shape index (κ1) is 15.9. The minimum absolute atomic E-state index is 0.630. The Balaban J connectivity index is 0.000000131. The summed E-state index contributed by atoms with van der Waals surface area (Å²) in [6.45, 7) is 10.6.